The summed E-state index contributed by atoms with van der Waals surface area (Å²) in [5.41, 5.74) is 1.99. The highest BCUT2D eigenvalue weighted by Gasteiger charge is 2.29. The average Bonchev–Trinajstić information content (AvgIpc) is 3.23. The van der Waals surface area contributed by atoms with Gasteiger partial charge in [0, 0.05) is 12.0 Å². The van der Waals surface area contributed by atoms with Crippen molar-refractivity contribution in [2.45, 2.75) is 26.4 Å². The van der Waals surface area contributed by atoms with Crippen LogP contribution in [0.2, 0.25) is 0 Å². The number of aromatic nitrogens is 2. The fraction of sp³-hybridized carbons (Fsp3) is 0.278. The van der Waals surface area contributed by atoms with E-state index in [0.717, 1.165) is 22.0 Å². The predicted molar refractivity (Wildman–Crippen MR) is 88.0 cm³/mol. The molecule has 0 amide bonds. The van der Waals surface area contributed by atoms with Crippen molar-refractivity contribution in [1.29, 1.82) is 0 Å². The zero-order valence-electron chi connectivity index (χ0n) is 13.1. The van der Waals surface area contributed by atoms with E-state index in [2.05, 4.69) is 47.3 Å². The van der Waals surface area contributed by atoms with Gasteiger partial charge in [-0.1, -0.05) is 66.6 Å². The maximum Gasteiger partial charge on any atom is 0.271 e. The summed E-state index contributed by atoms with van der Waals surface area (Å²) in [6.45, 7) is 4.19. The van der Waals surface area contributed by atoms with Gasteiger partial charge in [-0.05, 0) is 16.7 Å². The minimum Gasteiger partial charge on any atom is -0.382 e. The molecule has 0 spiro atoms. The summed E-state index contributed by atoms with van der Waals surface area (Å²) < 4.78 is 5.42. The Kier molecular flexibility index (Phi) is 3.33. The van der Waals surface area contributed by atoms with Gasteiger partial charge in [0.25, 0.3) is 5.89 Å². The molecule has 5 heteroatoms. The molecule has 0 radical (unpaired) electrons. The van der Waals surface area contributed by atoms with E-state index in [0.29, 0.717) is 24.1 Å². The first-order valence-corrected chi connectivity index (χ1v) is 7.76. The number of hydrogen-bond donors (Lipinski definition) is 0. The normalized spacial score (nSPS) is 17.5. The summed E-state index contributed by atoms with van der Waals surface area (Å²) in [6.07, 6.45) is 0.429. The second-order valence-corrected chi connectivity index (χ2v) is 6.02. The van der Waals surface area contributed by atoms with Crippen molar-refractivity contribution >= 4 is 16.5 Å². The minimum absolute atomic E-state index is 0.274. The molecule has 0 fully saturated rings. The van der Waals surface area contributed by atoms with Gasteiger partial charge in [-0.3, -0.25) is 0 Å². The van der Waals surface area contributed by atoms with Crippen LogP contribution in [0.1, 0.15) is 32.3 Å². The average molecular weight is 307 g/mol. The van der Waals surface area contributed by atoms with Crippen LogP contribution in [0.3, 0.4) is 0 Å². The van der Waals surface area contributed by atoms with E-state index in [1.54, 1.807) is 0 Å². The van der Waals surface area contributed by atoms with Crippen molar-refractivity contribution in [2.24, 2.45) is 11.1 Å². The van der Waals surface area contributed by atoms with Crippen LogP contribution in [-0.4, -0.2) is 15.9 Å². The van der Waals surface area contributed by atoms with Crippen molar-refractivity contribution in [3.8, 4) is 11.4 Å². The first-order valence-electron chi connectivity index (χ1n) is 7.76. The van der Waals surface area contributed by atoms with Gasteiger partial charge >= 0.3 is 0 Å². The summed E-state index contributed by atoms with van der Waals surface area (Å²) in [5.74, 6) is 1.42. The van der Waals surface area contributed by atoms with Gasteiger partial charge in [0.1, 0.15) is 0 Å². The molecule has 1 aliphatic rings. The second kappa shape index (κ2) is 5.50. The van der Waals surface area contributed by atoms with Crippen molar-refractivity contribution in [3.63, 3.8) is 0 Å². The molecule has 3 aromatic rings. The van der Waals surface area contributed by atoms with Crippen LogP contribution in [0.5, 0.6) is 0 Å². The molecule has 2 heterocycles. The van der Waals surface area contributed by atoms with Crippen molar-refractivity contribution in [2.75, 3.05) is 0 Å². The Morgan fingerprint density at radius 1 is 1.09 bits per heavy atom. The lowest BCUT2D eigenvalue weighted by atomic mass is 10.0. The Morgan fingerprint density at radius 2 is 1.91 bits per heavy atom. The third kappa shape index (κ3) is 2.48. The highest BCUT2D eigenvalue weighted by atomic mass is 16.7. The number of hydrogen-bond acceptors (Lipinski definition) is 5. The van der Waals surface area contributed by atoms with Gasteiger partial charge in [-0.25, -0.2) is 0 Å². The largest absolute Gasteiger partial charge is 0.382 e. The number of nitrogens with zero attached hydrogens (tertiary/aromatic N) is 3. The molecular formula is C18H17N3O2. The van der Waals surface area contributed by atoms with Crippen molar-refractivity contribution in [3.05, 3.63) is 48.4 Å². The van der Waals surface area contributed by atoms with Crippen LogP contribution in [0.4, 0.5) is 0 Å². The standard InChI is InChI=1S/C18H17N3O2/c1-11(2)15-10-16(22-20-15)18-19-17(21-23-18)14-9-5-7-12-6-3-4-8-13(12)14/h3-9,11,16H,10H2,1-2H3. The SMILES string of the molecule is CC(C)C1=NOC(c2nc(-c3cccc4ccccc34)no2)C1. The molecule has 0 bridgehead atoms. The maximum absolute atomic E-state index is 5.44. The van der Waals surface area contributed by atoms with Gasteiger partial charge in [0.2, 0.25) is 11.9 Å². The Bertz CT molecular complexity index is 877. The number of fused-ring (bicyclic) bond motifs is 1. The maximum atomic E-state index is 5.44. The number of rotatable bonds is 3. The molecule has 0 saturated heterocycles. The first kappa shape index (κ1) is 13.9. The molecule has 23 heavy (non-hydrogen) atoms. The third-order valence-corrected chi connectivity index (χ3v) is 4.11. The van der Waals surface area contributed by atoms with E-state index >= 15 is 0 Å². The number of oxime groups is 1. The van der Waals surface area contributed by atoms with Gasteiger partial charge in [-0.2, -0.15) is 4.98 Å². The van der Waals surface area contributed by atoms with Crippen molar-refractivity contribution in [1.82, 2.24) is 10.1 Å². The monoisotopic (exact) mass is 307 g/mol. The molecule has 116 valence electrons. The van der Waals surface area contributed by atoms with E-state index in [1.807, 2.05) is 24.3 Å². The lowest BCUT2D eigenvalue weighted by Crippen LogP contribution is -2.06. The van der Waals surface area contributed by atoms with Crippen LogP contribution in [0.15, 0.2) is 52.1 Å². The summed E-state index contributed by atoms with van der Waals surface area (Å²) in [7, 11) is 0. The van der Waals surface area contributed by atoms with E-state index in [1.165, 1.54) is 0 Å². The van der Waals surface area contributed by atoms with E-state index in [-0.39, 0.29) is 6.10 Å². The van der Waals surface area contributed by atoms with Crippen LogP contribution >= 0.6 is 0 Å². The Morgan fingerprint density at radius 3 is 2.74 bits per heavy atom. The summed E-state index contributed by atoms with van der Waals surface area (Å²) >= 11 is 0. The molecule has 0 N–H and O–H groups in total. The van der Waals surface area contributed by atoms with Crippen molar-refractivity contribution < 1.29 is 9.36 Å². The Labute approximate surface area is 134 Å². The minimum atomic E-state index is -0.274. The highest BCUT2D eigenvalue weighted by molar-refractivity contribution is 5.94. The van der Waals surface area contributed by atoms with Crippen LogP contribution in [0.25, 0.3) is 22.2 Å². The molecule has 5 nitrogen and oxygen atoms in total. The molecule has 0 saturated carbocycles. The molecule has 4 rings (SSSR count). The quantitative estimate of drug-likeness (QED) is 0.721. The van der Waals surface area contributed by atoms with E-state index in [9.17, 15) is 0 Å². The van der Waals surface area contributed by atoms with Gasteiger partial charge in [0.05, 0.1) is 5.71 Å². The summed E-state index contributed by atoms with van der Waals surface area (Å²) in [4.78, 5) is 9.97. The number of benzene rings is 2. The van der Waals surface area contributed by atoms with Gasteiger partial charge < -0.3 is 9.36 Å². The highest BCUT2D eigenvalue weighted by Crippen LogP contribution is 2.31. The zero-order valence-corrected chi connectivity index (χ0v) is 13.1. The molecule has 1 unspecified atom stereocenters. The summed E-state index contributed by atoms with van der Waals surface area (Å²) in [6, 6.07) is 14.2. The molecule has 1 aliphatic heterocycles. The second-order valence-electron chi connectivity index (χ2n) is 6.02. The lowest BCUT2D eigenvalue weighted by molar-refractivity contribution is 0.0599. The summed E-state index contributed by atoms with van der Waals surface area (Å²) in [5, 5.41) is 10.5. The fourth-order valence-corrected chi connectivity index (χ4v) is 2.77. The smallest absolute Gasteiger partial charge is 0.271 e. The molecule has 0 aliphatic carbocycles. The molecular weight excluding hydrogens is 290 g/mol. The molecule has 2 aromatic carbocycles. The van der Waals surface area contributed by atoms with Gasteiger partial charge in [-0.15, -0.1) is 0 Å². The van der Waals surface area contributed by atoms with E-state index in [4.69, 9.17) is 9.36 Å². The van der Waals surface area contributed by atoms with Gasteiger partial charge in [0.15, 0.2) is 0 Å². The van der Waals surface area contributed by atoms with Crippen LogP contribution in [-0.2, 0) is 4.84 Å². The zero-order chi connectivity index (χ0) is 15.8. The van der Waals surface area contributed by atoms with Crippen LogP contribution in [0, 0.1) is 5.92 Å². The predicted octanol–water partition coefficient (Wildman–Crippen LogP) is 4.36. The molecule has 1 atom stereocenters. The molecule has 1 aromatic heterocycles. The lowest BCUT2D eigenvalue weighted by Gasteiger charge is -2.03. The Hall–Kier alpha value is -2.69. The third-order valence-electron chi connectivity index (χ3n) is 4.11. The topological polar surface area (TPSA) is 60.5 Å². The van der Waals surface area contributed by atoms with Crippen LogP contribution < -0.4 is 0 Å². The fourth-order valence-electron chi connectivity index (χ4n) is 2.77. The van der Waals surface area contributed by atoms with E-state index < -0.39 is 0 Å². The first-order chi connectivity index (χ1) is 11.2. The Balaban J connectivity index is 1.66.